The first-order chi connectivity index (χ1) is 7.65. The fraction of sp³-hybridized carbons (Fsp3) is 0.214. The molecule has 1 aromatic rings. The number of allylic oxidation sites excluding steroid dienone is 2. The van der Waals surface area contributed by atoms with Gasteiger partial charge in [-0.1, -0.05) is 48.8 Å². The maximum Gasteiger partial charge on any atom is 0.106 e. The van der Waals surface area contributed by atoms with Gasteiger partial charge in [0.1, 0.15) is 7.85 Å². The van der Waals surface area contributed by atoms with Gasteiger partial charge in [-0.25, -0.2) is 0 Å². The molecule has 0 saturated carbocycles. The lowest BCUT2D eigenvalue weighted by atomic mass is 9.94. The standard InChI is InChI=1S/C14H18BN/c1-11(9-15)12(2)10-16-13(3)14-7-5-4-6-8-14/h4-8,10H,1,9,15H2,2-3H3/b12-10+,16-13+. The van der Waals surface area contributed by atoms with Gasteiger partial charge in [-0.3, -0.25) is 4.99 Å². The van der Waals surface area contributed by atoms with E-state index < -0.39 is 0 Å². The minimum atomic E-state index is 0.974. The van der Waals surface area contributed by atoms with E-state index in [2.05, 4.69) is 31.6 Å². The number of aliphatic imine (C=N–C) groups is 1. The lowest BCUT2D eigenvalue weighted by Gasteiger charge is -2.01. The molecule has 0 aromatic heterocycles. The molecule has 0 atom stereocenters. The maximum atomic E-state index is 4.46. The van der Waals surface area contributed by atoms with Gasteiger partial charge in [-0.2, -0.15) is 0 Å². The van der Waals surface area contributed by atoms with Gasteiger partial charge in [0.05, 0.1) is 0 Å². The molecule has 0 bridgehead atoms. The van der Waals surface area contributed by atoms with Crippen LogP contribution >= 0.6 is 0 Å². The summed E-state index contributed by atoms with van der Waals surface area (Å²) in [5.74, 6) is 0. The molecule has 0 saturated heterocycles. The molecule has 0 N–H and O–H groups in total. The van der Waals surface area contributed by atoms with Crippen molar-refractivity contribution < 1.29 is 0 Å². The third-order valence-electron chi connectivity index (χ3n) is 2.63. The van der Waals surface area contributed by atoms with E-state index in [-0.39, 0.29) is 0 Å². The highest BCUT2D eigenvalue weighted by Crippen LogP contribution is 2.10. The SMILES string of the molecule is BCC(=C)/C(C)=C/N=C(\C)c1ccccc1. The first-order valence-corrected chi connectivity index (χ1v) is 5.60. The van der Waals surface area contributed by atoms with E-state index in [1.807, 2.05) is 38.2 Å². The lowest BCUT2D eigenvalue weighted by molar-refractivity contribution is 1.31. The van der Waals surface area contributed by atoms with E-state index in [0.717, 1.165) is 28.7 Å². The number of hydrogen-bond acceptors (Lipinski definition) is 1. The van der Waals surface area contributed by atoms with Crippen LogP contribution in [0.2, 0.25) is 6.32 Å². The predicted octanol–water partition coefficient (Wildman–Crippen LogP) is 3.01. The Morgan fingerprint density at radius 1 is 1.31 bits per heavy atom. The van der Waals surface area contributed by atoms with Crippen molar-refractivity contribution >= 4 is 13.6 Å². The minimum Gasteiger partial charge on any atom is -0.261 e. The van der Waals surface area contributed by atoms with E-state index in [4.69, 9.17) is 0 Å². The number of rotatable bonds is 4. The minimum absolute atomic E-state index is 0.974. The van der Waals surface area contributed by atoms with Crippen molar-refractivity contribution in [1.82, 2.24) is 0 Å². The Hall–Kier alpha value is -1.57. The molecule has 1 rings (SSSR count). The van der Waals surface area contributed by atoms with Gasteiger partial charge in [-0.05, 0) is 25.0 Å². The zero-order chi connectivity index (χ0) is 12.0. The highest BCUT2D eigenvalue weighted by atomic mass is 14.7. The van der Waals surface area contributed by atoms with Gasteiger partial charge >= 0.3 is 0 Å². The second-order valence-electron chi connectivity index (χ2n) is 3.85. The Morgan fingerprint density at radius 3 is 2.50 bits per heavy atom. The Kier molecular flexibility index (Phi) is 4.78. The van der Waals surface area contributed by atoms with Gasteiger partial charge in [0.2, 0.25) is 0 Å². The van der Waals surface area contributed by atoms with Crippen LogP contribution in [0.25, 0.3) is 0 Å². The van der Waals surface area contributed by atoms with Gasteiger partial charge < -0.3 is 0 Å². The van der Waals surface area contributed by atoms with Crippen molar-refractivity contribution in [3.63, 3.8) is 0 Å². The largest absolute Gasteiger partial charge is 0.261 e. The smallest absolute Gasteiger partial charge is 0.106 e. The van der Waals surface area contributed by atoms with E-state index in [1.165, 1.54) is 0 Å². The zero-order valence-corrected chi connectivity index (χ0v) is 10.3. The van der Waals surface area contributed by atoms with E-state index in [1.54, 1.807) is 0 Å². The highest BCUT2D eigenvalue weighted by molar-refractivity contribution is 6.10. The van der Waals surface area contributed by atoms with E-state index in [0.29, 0.717) is 0 Å². The molecule has 0 aliphatic rings. The fourth-order valence-corrected chi connectivity index (χ4v) is 1.32. The third kappa shape index (κ3) is 3.54. The van der Waals surface area contributed by atoms with Crippen molar-refractivity contribution in [2.75, 3.05) is 0 Å². The monoisotopic (exact) mass is 211 g/mol. The van der Waals surface area contributed by atoms with Gasteiger partial charge in [0.25, 0.3) is 0 Å². The summed E-state index contributed by atoms with van der Waals surface area (Å²) >= 11 is 0. The lowest BCUT2D eigenvalue weighted by Crippen LogP contribution is -1.92. The second-order valence-corrected chi connectivity index (χ2v) is 3.85. The summed E-state index contributed by atoms with van der Waals surface area (Å²) in [5.41, 5.74) is 4.49. The van der Waals surface area contributed by atoms with E-state index >= 15 is 0 Å². The molecule has 0 spiro atoms. The van der Waals surface area contributed by atoms with Gasteiger partial charge in [0, 0.05) is 11.9 Å². The summed E-state index contributed by atoms with van der Waals surface area (Å²) < 4.78 is 0. The number of benzene rings is 1. The summed E-state index contributed by atoms with van der Waals surface area (Å²) in [6, 6.07) is 10.2. The number of nitrogens with zero attached hydrogens (tertiary/aromatic N) is 1. The average molecular weight is 211 g/mol. The molecule has 82 valence electrons. The van der Waals surface area contributed by atoms with Crippen LogP contribution in [0.1, 0.15) is 19.4 Å². The molecule has 0 amide bonds. The van der Waals surface area contributed by atoms with Crippen LogP contribution in [0.15, 0.2) is 59.2 Å². The van der Waals surface area contributed by atoms with Crippen molar-refractivity contribution in [3.8, 4) is 0 Å². The molecule has 0 aliphatic carbocycles. The molecule has 1 aromatic carbocycles. The molecule has 0 heterocycles. The van der Waals surface area contributed by atoms with Crippen molar-refractivity contribution in [1.29, 1.82) is 0 Å². The molecular formula is C14H18BN. The quantitative estimate of drug-likeness (QED) is 0.412. The Balaban J connectivity index is 2.83. The highest BCUT2D eigenvalue weighted by Gasteiger charge is 1.95. The molecule has 16 heavy (non-hydrogen) atoms. The maximum absolute atomic E-state index is 4.46. The second kappa shape index (κ2) is 6.11. The summed E-state index contributed by atoms with van der Waals surface area (Å²) in [5, 5.41) is 0. The van der Waals surface area contributed by atoms with Crippen LogP contribution in [0.3, 0.4) is 0 Å². The van der Waals surface area contributed by atoms with Crippen molar-refractivity contribution in [2.45, 2.75) is 20.2 Å². The Labute approximate surface area is 99.0 Å². The molecule has 0 unspecified atom stereocenters. The van der Waals surface area contributed by atoms with Crippen LogP contribution < -0.4 is 0 Å². The summed E-state index contributed by atoms with van der Waals surface area (Å²) in [6.45, 7) is 8.06. The first-order valence-electron chi connectivity index (χ1n) is 5.60. The van der Waals surface area contributed by atoms with Crippen LogP contribution in [0, 0.1) is 0 Å². The third-order valence-corrected chi connectivity index (χ3v) is 2.63. The average Bonchev–Trinajstić information content (AvgIpc) is 2.35. The Bertz CT molecular complexity index is 416. The molecule has 0 fully saturated rings. The molecule has 1 nitrogen and oxygen atoms in total. The van der Waals surface area contributed by atoms with E-state index in [9.17, 15) is 0 Å². The van der Waals surface area contributed by atoms with Crippen LogP contribution in [-0.4, -0.2) is 13.6 Å². The van der Waals surface area contributed by atoms with Gasteiger partial charge in [-0.15, -0.1) is 0 Å². The van der Waals surface area contributed by atoms with Crippen molar-refractivity contribution in [2.24, 2.45) is 4.99 Å². The normalized spacial score (nSPS) is 12.6. The first kappa shape index (κ1) is 12.5. The van der Waals surface area contributed by atoms with Gasteiger partial charge in [0.15, 0.2) is 0 Å². The molecular weight excluding hydrogens is 193 g/mol. The summed E-state index contributed by atoms with van der Waals surface area (Å²) in [7, 11) is 2.10. The van der Waals surface area contributed by atoms with Crippen LogP contribution in [0.4, 0.5) is 0 Å². The summed E-state index contributed by atoms with van der Waals surface area (Å²) in [6.07, 6.45) is 2.87. The molecule has 0 aliphatic heterocycles. The van der Waals surface area contributed by atoms with Crippen molar-refractivity contribution in [3.05, 3.63) is 59.8 Å². The number of hydrogen-bond donors (Lipinski definition) is 0. The molecule has 2 heteroatoms. The summed E-state index contributed by atoms with van der Waals surface area (Å²) in [4.78, 5) is 4.46. The topological polar surface area (TPSA) is 12.4 Å². The molecule has 0 radical (unpaired) electrons. The predicted molar refractivity (Wildman–Crippen MR) is 74.9 cm³/mol. The van der Waals surface area contributed by atoms with Crippen LogP contribution in [0.5, 0.6) is 0 Å². The van der Waals surface area contributed by atoms with Crippen LogP contribution in [-0.2, 0) is 0 Å². The Morgan fingerprint density at radius 2 is 1.94 bits per heavy atom. The zero-order valence-electron chi connectivity index (χ0n) is 10.3. The fourth-order valence-electron chi connectivity index (χ4n) is 1.32.